The van der Waals surface area contributed by atoms with Crippen molar-refractivity contribution in [3.8, 4) is 0 Å². The second-order valence-corrected chi connectivity index (χ2v) is 8.39. The van der Waals surface area contributed by atoms with E-state index in [1.165, 1.54) is 16.8 Å². The summed E-state index contributed by atoms with van der Waals surface area (Å²) in [4.78, 5) is 9.85. The lowest BCUT2D eigenvalue weighted by molar-refractivity contribution is 0.187. The number of guanidine groups is 1. The first-order chi connectivity index (χ1) is 14.7. The lowest BCUT2D eigenvalue weighted by Gasteiger charge is -2.38. The van der Waals surface area contributed by atoms with Crippen LogP contribution in [0.1, 0.15) is 23.3 Å². The van der Waals surface area contributed by atoms with E-state index in [9.17, 15) is 0 Å². The molecule has 6 nitrogen and oxygen atoms in total. The van der Waals surface area contributed by atoms with Crippen molar-refractivity contribution >= 4 is 11.6 Å². The molecule has 6 heteroatoms. The molecular formula is C24H34N4O2. The summed E-state index contributed by atoms with van der Waals surface area (Å²) in [5.74, 6) is 2.57. The number of anilines is 1. The molecule has 1 N–H and O–H groups in total. The smallest absolute Gasteiger partial charge is 0.194 e. The number of aryl methyl sites for hydroxylation is 2. The molecule has 1 aromatic carbocycles. The van der Waals surface area contributed by atoms with Crippen molar-refractivity contribution in [2.75, 3.05) is 57.4 Å². The van der Waals surface area contributed by atoms with Crippen LogP contribution >= 0.6 is 0 Å². The van der Waals surface area contributed by atoms with Gasteiger partial charge in [-0.2, -0.15) is 0 Å². The monoisotopic (exact) mass is 410 g/mol. The van der Waals surface area contributed by atoms with Gasteiger partial charge in [0.15, 0.2) is 5.96 Å². The highest BCUT2D eigenvalue weighted by Gasteiger charge is 2.21. The fourth-order valence-electron chi connectivity index (χ4n) is 4.06. The van der Waals surface area contributed by atoms with Crippen LogP contribution in [0.3, 0.4) is 0 Å². The van der Waals surface area contributed by atoms with Crippen LogP contribution in [0, 0.1) is 19.8 Å². The van der Waals surface area contributed by atoms with E-state index in [0.717, 1.165) is 77.0 Å². The van der Waals surface area contributed by atoms with Crippen molar-refractivity contribution in [1.29, 1.82) is 0 Å². The van der Waals surface area contributed by atoms with Crippen LogP contribution in [0.5, 0.6) is 0 Å². The van der Waals surface area contributed by atoms with Crippen molar-refractivity contribution in [2.45, 2.75) is 26.7 Å². The highest BCUT2D eigenvalue weighted by atomic mass is 16.5. The minimum absolute atomic E-state index is 0.545. The van der Waals surface area contributed by atoms with Crippen LogP contribution < -0.4 is 10.2 Å². The molecule has 2 fully saturated rings. The van der Waals surface area contributed by atoms with Gasteiger partial charge >= 0.3 is 0 Å². The van der Waals surface area contributed by atoms with Crippen molar-refractivity contribution in [1.82, 2.24) is 10.2 Å². The molecule has 0 bridgehead atoms. The molecule has 1 aromatic heterocycles. The quantitative estimate of drug-likeness (QED) is 0.585. The first-order valence-corrected chi connectivity index (χ1v) is 11.1. The molecule has 30 heavy (non-hydrogen) atoms. The van der Waals surface area contributed by atoms with Crippen molar-refractivity contribution < 1.29 is 9.15 Å². The number of piperazine rings is 1. The molecule has 0 aliphatic carbocycles. The fourth-order valence-corrected chi connectivity index (χ4v) is 4.06. The van der Waals surface area contributed by atoms with Gasteiger partial charge in [-0.15, -0.1) is 0 Å². The lowest BCUT2D eigenvalue weighted by Crippen LogP contribution is -2.53. The molecule has 1 unspecified atom stereocenters. The van der Waals surface area contributed by atoms with Crippen LogP contribution in [0.2, 0.25) is 0 Å². The zero-order valence-corrected chi connectivity index (χ0v) is 18.3. The van der Waals surface area contributed by atoms with Crippen molar-refractivity contribution in [2.24, 2.45) is 10.9 Å². The molecule has 0 spiro atoms. The van der Waals surface area contributed by atoms with Gasteiger partial charge in [0.1, 0.15) is 5.76 Å². The number of rotatable bonds is 6. The summed E-state index contributed by atoms with van der Waals surface area (Å²) in [7, 11) is 0. The number of hydrogen-bond acceptors (Lipinski definition) is 4. The lowest BCUT2D eigenvalue weighted by atomic mass is 10.1. The Morgan fingerprint density at radius 1 is 1.13 bits per heavy atom. The van der Waals surface area contributed by atoms with E-state index in [2.05, 4.69) is 47.2 Å². The molecule has 4 rings (SSSR count). The average Bonchev–Trinajstić information content (AvgIpc) is 3.47. The Kier molecular flexibility index (Phi) is 6.95. The minimum Gasteiger partial charge on any atom is -0.469 e. The van der Waals surface area contributed by atoms with Gasteiger partial charge in [-0.1, -0.05) is 6.07 Å². The van der Waals surface area contributed by atoms with Gasteiger partial charge in [0, 0.05) is 63.9 Å². The van der Waals surface area contributed by atoms with E-state index in [1.54, 1.807) is 6.26 Å². The summed E-state index contributed by atoms with van der Waals surface area (Å²) in [6, 6.07) is 10.7. The maximum Gasteiger partial charge on any atom is 0.194 e. The van der Waals surface area contributed by atoms with Crippen LogP contribution in [0.25, 0.3) is 0 Å². The van der Waals surface area contributed by atoms with Gasteiger partial charge in [0.2, 0.25) is 0 Å². The zero-order chi connectivity index (χ0) is 20.8. The SMILES string of the molecule is Cc1ccc(N2CCN(C(=NCC3CCOC3)NCCc3ccco3)CC2)cc1C. The van der Waals surface area contributed by atoms with E-state index in [1.807, 2.05) is 12.1 Å². The number of furan rings is 1. The van der Waals surface area contributed by atoms with E-state index in [-0.39, 0.29) is 0 Å². The number of nitrogens with zero attached hydrogens (tertiary/aromatic N) is 3. The maximum atomic E-state index is 5.52. The van der Waals surface area contributed by atoms with Crippen LogP contribution in [0.4, 0.5) is 5.69 Å². The average molecular weight is 411 g/mol. The first-order valence-electron chi connectivity index (χ1n) is 11.1. The Bertz CT molecular complexity index is 820. The third-order valence-corrected chi connectivity index (χ3v) is 6.19. The van der Waals surface area contributed by atoms with Gasteiger partial charge in [-0.05, 0) is 55.7 Å². The second kappa shape index (κ2) is 10.0. The standard InChI is InChI=1S/C24H34N4O2/c1-19-5-6-22(16-20(19)2)27-10-12-28(13-11-27)24(26-17-21-8-15-29-18-21)25-9-7-23-4-3-14-30-23/h3-6,14,16,21H,7-13,15,17-18H2,1-2H3,(H,25,26). The molecule has 0 saturated carbocycles. The maximum absolute atomic E-state index is 5.52. The van der Waals surface area contributed by atoms with E-state index in [4.69, 9.17) is 14.1 Å². The molecule has 162 valence electrons. The Morgan fingerprint density at radius 3 is 2.70 bits per heavy atom. The predicted molar refractivity (Wildman–Crippen MR) is 121 cm³/mol. The van der Waals surface area contributed by atoms with Crippen molar-refractivity contribution in [3.63, 3.8) is 0 Å². The molecule has 3 heterocycles. The molecular weight excluding hydrogens is 376 g/mol. The number of aliphatic imine (C=N–C) groups is 1. The predicted octanol–water partition coefficient (Wildman–Crippen LogP) is 3.24. The molecule has 0 amide bonds. The molecule has 1 atom stereocenters. The largest absolute Gasteiger partial charge is 0.469 e. The van der Waals surface area contributed by atoms with Gasteiger partial charge < -0.3 is 24.3 Å². The summed E-state index contributed by atoms with van der Waals surface area (Å²) in [6.07, 6.45) is 3.71. The number of benzene rings is 1. The van der Waals surface area contributed by atoms with Crippen LogP contribution in [-0.4, -0.2) is 63.3 Å². The van der Waals surface area contributed by atoms with Gasteiger partial charge in [-0.3, -0.25) is 4.99 Å². The molecule has 2 aromatic rings. The van der Waals surface area contributed by atoms with Crippen molar-refractivity contribution in [3.05, 3.63) is 53.5 Å². The van der Waals surface area contributed by atoms with E-state index >= 15 is 0 Å². The Balaban J connectivity index is 1.36. The fraction of sp³-hybridized carbons (Fsp3) is 0.542. The van der Waals surface area contributed by atoms with E-state index in [0.29, 0.717) is 5.92 Å². The number of nitrogens with one attached hydrogen (secondary N) is 1. The molecule has 2 saturated heterocycles. The molecule has 2 aliphatic rings. The summed E-state index contributed by atoms with van der Waals surface area (Å²) in [5, 5.41) is 3.58. The third kappa shape index (κ3) is 5.36. The topological polar surface area (TPSA) is 53.2 Å². The molecule has 2 aliphatic heterocycles. The Morgan fingerprint density at radius 2 is 2.00 bits per heavy atom. The highest BCUT2D eigenvalue weighted by Crippen LogP contribution is 2.20. The molecule has 0 radical (unpaired) electrons. The number of hydrogen-bond donors (Lipinski definition) is 1. The van der Waals surface area contributed by atoms with Gasteiger partial charge in [0.25, 0.3) is 0 Å². The Labute approximate surface area is 179 Å². The third-order valence-electron chi connectivity index (χ3n) is 6.19. The van der Waals surface area contributed by atoms with Crippen LogP contribution in [-0.2, 0) is 11.2 Å². The van der Waals surface area contributed by atoms with Gasteiger partial charge in [0.05, 0.1) is 12.9 Å². The normalized spacial score (nSPS) is 20.1. The number of ether oxygens (including phenoxy) is 1. The summed E-state index contributed by atoms with van der Waals surface area (Å²) in [5.41, 5.74) is 4.03. The second-order valence-electron chi connectivity index (χ2n) is 8.39. The first kappa shape index (κ1) is 20.8. The summed E-state index contributed by atoms with van der Waals surface area (Å²) < 4.78 is 11.0. The van der Waals surface area contributed by atoms with Crippen LogP contribution in [0.15, 0.2) is 46.0 Å². The minimum atomic E-state index is 0.545. The van der Waals surface area contributed by atoms with E-state index < -0.39 is 0 Å². The zero-order valence-electron chi connectivity index (χ0n) is 18.3. The summed E-state index contributed by atoms with van der Waals surface area (Å²) in [6.45, 7) is 11.7. The Hall–Kier alpha value is -2.47. The van der Waals surface area contributed by atoms with Gasteiger partial charge in [-0.25, -0.2) is 0 Å². The summed E-state index contributed by atoms with van der Waals surface area (Å²) >= 11 is 0. The highest BCUT2D eigenvalue weighted by molar-refractivity contribution is 5.80.